The Bertz CT molecular complexity index is 359. The van der Waals surface area contributed by atoms with Crippen LogP contribution in [0.1, 0.15) is 0 Å². The van der Waals surface area contributed by atoms with Gasteiger partial charge in [-0.15, -0.1) is 0 Å². The minimum absolute atomic E-state index is 0.669. The zero-order valence-electron chi connectivity index (χ0n) is 8.61. The van der Waals surface area contributed by atoms with Crippen molar-refractivity contribution >= 4 is 29.6 Å². The van der Waals surface area contributed by atoms with Gasteiger partial charge in [-0.1, -0.05) is 23.4 Å². The monoisotopic (exact) mass is 241 g/mol. The van der Waals surface area contributed by atoms with E-state index < -0.39 is 0 Å². The molecular formula is C11H12ClNOS. The largest absolute Gasteiger partial charge is 0.382 e. The lowest BCUT2D eigenvalue weighted by molar-refractivity contribution is -0.104. The molecule has 4 heteroatoms. The molecule has 0 amide bonds. The maximum Gasteiger partial charge on any atom is 0.158 e. The van der Waals surface area contributed by atoms with Gasteiger partial charge in [0, 0.05) is 30.2 Å². The van der Waals surface area contributed by atoms with E-state index in [1.54, 1.807) is 6.20 Å². The van der Waals surface area contributed by atoms with Gasteiger partial charge in [0.2, 0.25) is 0 Å². The Morgan fingerprint density at radius 1 is 1.33 bits per heavy atom. The van der Waals surface area contributed by atoms with E-state index in [9.17, 15) is 4.79 Å². The van der Waals surface area contributed by atoms with Gasteiger partial charge in [0.25, 0.3) is 0 Å². The molecule has 15 heavy (non-hydrogen) atoms. The second-order valence-electron chi connectivity index (χ2n) is 3.17. The molecular weight excluding hydrogens is 230 g/mol. The highest BCUT2D eigenvalue weighted by Gasteiger charge is 2.00. The maximum atomic E-state index is 10.8. The predicted molar refractivity (Wildman–Crippen MR) is 65.1 cm³/mol. The lowest BCUT2D eigenvalue weighted by atomic mass is 10.4. The number of carbonyl (C=O) groups is 1. The smallest absolute Gasteiger partial charge is 0.158 e. The molecule has 1 aromatic rings. The highest BCUT2D eigenvalue weighted by Crippen LogP contribution is 2.26. The molecule has 0 heterocycles. The summed E-state index contributed by atoms with van der Waals surface area (Å²) in [4.78, 5) is 14.3. The molecule has 0 aliphatic rings. The van der Waals surface area contributed by atoms with E-state index in [0.717, 1.165) is 11.2 Å². The zero-order chi connectivity index (χ0) is 11.3. The molecule has 0 saturated heterocycles. The van der Waals surface area contributed by atoms with Gasteiger partial charge in [0.15, 0.2) is 6.29 Å². The molecule has 0 aliphatic carbocycles. The van der Waals surface area contributed by atoms with E-state index in [1.807, 2.05) is 43.3 Å². The summed E-state index contributed by atoms with van der Waals surface area (Å²) in [6.45, 7) is 0. The third-order valence-electron chi connectivity index (χ3n) is 1.55. The Morgan fingerprint density at radius 3 is 2.40 bits per heavy atom. The van der Waals surface area contributed by atoms with Crippen LogP contribution in [-0.4, -0.2) is 25.3 Å². The average molecular weight is 242 g/mol. The minimum Gasteiger partial charge on any atom is -0.382 e. The van der Waals surface area contributed by atoms with Gasteiger partial charge in [-0.25, -0.2) is 0 Å². The first-order valence-corrected chi connectivity index (χ1v) is 5.58. The summed E-state index contributed by atoms with van der Waals surface area (Å²) < 4.78 is 0. The van der Waals surface area contributed by atoms with Gasteiger partial charge in [-0.3, -0.25) is 4.79 Å². The minimum atomic E-state index is 0.669. The van der Waals surface area contributed by atoms with Crippen molar-refractivity contribution in [2.24, 2.45) is 0 Å². The molecule has 0 atom stereocenters. The Balaban J connectivity index is 2.75. The van der Waals surface area contributed by atoms with Crippen LogP contribution in [0.25, 0.3) is 0 Å². The van der Waals surface area contributed by atoms with E-state index >= 15 is 0 Å². The fourth-order valence-electron chi connectivity index (χ4n) is 0.974. The van der Waals surface area contributed by atoms with E-state index in [1.165, 1.54) is 11.8 Å². The summed E-state index contributed by atoms with van der Waals surface area (Å²) in [5, 5.41) is 0.698. The van der Waals surface area contributed by atoms with Gasteiger partial charge in [0.05, 0.1) is 4.91 Å². The Kier molecular flexibility index (Phi) is 4.72. The van der Waals surface area contributed by atoms with Gasteiger partial charge in [0.1, 0.15) is 0 Å². The van der Waals surface area contributed by atoms with Crippen molar-refractivity contribution in [2.75, 3.05) is 14.1 Å². The van der Waals surface area contributed by atoms with Crippen molar-refractivity contribution in [3.8, 4) is 0 Å². The Morgan fingerprint density at radius 2 is 1.93 bits per heavy atom. The number of nitrogens with zero attached hydrogens (tertiary/aromatic N) is 1. The molecule has 0 spiro atoms. The van der Waals surface area contributed by atoms with Crippen LogP contribution in [-0.2, 0) is 4.79 Å². The van der Waals surface area contributed by atoms with E-state index in [4.69, 9.17) is 11.6 Å². The molecule has 2 nitrogen and oxygen atoms in total. The first-order chi connectivity index (χ1) is 7.11. The maximum absolute atomic E-state index is 10.8. The third-order valence-corrected chi connectivity index (χ3v) is 2.75. The number of carbonyl (C=O) groups excluding carboxylic acids is 1. The van der Waals surface area contributed by atoms with Gasteiger partial charge in [-0.2, -0.15) is 0 Å². The van der Waals surface area contributed by atoms with Crippen molar-refractivity contribution in [3.63, 3.8) is 0 Å². The van der Waals surface area contributed by atoms with Crippen molar-refractivity contribution in [1.82, 2.24) is 4.90 Å². The summed E-state index contributed by atoms with van der Waals surface area (Å²) in [5.41, 5.74) is 0. The topological polar surface area (TPSA) is 20.3 Å². The molecule has 0 unspecified atom stereocenters. The van der Waals surface area contributed by atoms with Crippen molar-refractivity contribution in [2.45, 2.75) is 4.90 Å². The highest BCUT2D eigenvalue weighted by molar-refractivity contribution is 8.03. The molecule has 0 aliphatic heterocycles. The van der Waals surface area contributed by atoms with Crippen molar-refractivity contribution in [1.29, 1.82) is 0 Å². The summed E-state index contributed by atoms with van der Waals surface area (Å²) >= 11 is 7.18. The number of rotatable bonds is 4. The zero-order valence-corrected chi connectivity index (χ0v) is 10.2. The Hall–Kier alpha value is -0.930. The fourth-order valence-corrected chi connectivity index (χ4v) is 1.96. The predicted octanol–water partition coefficient (Wildman–Crippen LogP) is 3.03. The van der Waals surface area contributed by atoms with Crippen LogP contribution in [0.5, 0.6) is 0 Å². The second kappa shape index (κ2) is 5.83. The van der Waals surface area contributed by atoms with Crippen LogP contribution >= 0.6 is 23.4 Å². The molecule has 0 radical (unpaired) electrons. The third kappa shape index (κ3) is 4.40. The van der Waals surface area contributed by atoms with Crippen LogP contribution in [0.4, 0.5) is 0 Å². The Labute approximate surface area is 98.9 Å². The highest BCUT2D eigenvalue weighted by atomic mass is 35.5. The molecule has 0 bridgehead atoms. The van der Waals surface area contributed by atoms with Crippen LogP contribution in [0.15, 0.2) is 40.3 Å². The van der Waals surface area contributed by atoms with Crippen LogP contribution in [0, 0.1) is 0 Å². The first kappa shape index (κ1) is 12.1. The molecule has 1 aromatic carbocycles. The lowest BCUT2D eigenvalue weighted by Crippen LogP contribution is -2.02. The van der Waals surface area contributed by atoms with E-state index in [0.29, 0.717) is 9.93 Å². The molecule has 80 valence electrons. The first-order valence-electron chi connectivity index (χ1n) is 4.38. The van der Waals surface area contributed by atoms with Gasteiger partial charge >= 0.3 is 0 Å². The van der Waals surface area contributed by atoms with E-state index in [2.05, 4.69) is 0 Å². The summed E-state index contributed by atoms with van der Waals surface area (Å²) in [5.74, 6) is 0. The van der Waals surface area contributed by atoms with Crippen molar-refractivity contribution in [3.05, 3.63) is 40.4 Å². The average Bonchev–Trinajstić information content (AvgIpc) is 2.19. The number of aldehydes is 1. The number of allylic oxidation sites excluding steroid dienone is 1. The van der Waals surface area contributed by atoms with Gasteiger partial charge < -0.3 is 4.90 Å². The molecule has 0 aromatic heterocycles. The van der Waals surface area contributed by atoms with E-state index in [-0.39, 0.29) is 0 Å². The second-order valence-corrected chi connectivity index (χ2v) is 4.75. The van der Waals surface area contributed by atoms with Crippen LogP contribution in [0.2, 0.25) is 5.02 Å². The number of halogens is 1. The normalized spacial score (nSPS) is 11.3. The van der Waals surface area contributed by atoms with Gasteiger partial charge in [-0.05, 0) is 24.3 Å². The fraction of sp³-hybridized carbons (Fsp3) is 0.182. The summed E-state index contributed by atoms with van der Waals surface area (Å²) in [7, 11) is 3.76. The van der Waals surface area contributed by atoms with Crippen molar-refractivity contribution < 1.29 is 4.79 Å². The molecule has 1 rings (SSSR count). The van der Waals surface area contributed by atoms with Crippen LogP contribution in [0.3, 0.4) is 0 Å². The number of thioether (sulfide) groups is 1. The molecule has 0 N–H and O–H groups in total. The summed E-state index contributed by atoms with van der Waals surface area (Å²) in [6, 6.07) is 7.39. The number of hydrogen-bond donors (Lipinski definition) is 0. The lowest BCUT2D eigenvalue weighted by Gasteiger charge is -2.06. The molecule has 0 fully saturated rings. The standard InChI is InChI=1S/C11H12ClNOS/c1-13(2)7-11(8-14)15-10-5-3-9(12)4-6-10/h3-8H,1-2H3/b11-7-. The van der Waals surface area contributed by atoms with Crippen LogP contribution < -0.4 is 0 Å². The summed E-state index contributed by atoms with van der Waals surface area (Å²) in [6.07, 6.45) is 2.63. The quantitative estimate of drug-likeness (QED) is 0.459. The number of benzene rings is 1. The number of hydrogen-bond acceptors (Lipinski definition) is 3. The SMILES string of the molecule is CN(C)/C=C(/C=O)Sc1ccc(Cl)cc1. The molecule has 0 saturated carbocycles.